The number of amides is 1. The Bertz CT molecular complexity index is 1010. The van der Waals surface area contributed by atoms with E-state index in [-0.39, 0.29) is 11.9 Å². The number of aromatic nitrogens is 2. The first-order chi connectivity index (χ1) is 13.6. The van der Waals surface area contributed by atoms with Crippen LogP contribution in [0.5, 0.6) is 5.75 Å². The van der Waals surface area contributed by atoms with Gasteiger partial charge in [0, 0.05) is 21.8 Å². The van der Waals surface area contributed by atoms with Crippen LogP contribution in [-0.2, 0) is 6.42 Å². The fourth-order valence-corrected chi connectivity index (χ4v) is 3.81. The molecule has 0 saturated carbocycles. The lowest BCUT2D eigenvalue weighted by Gasteiger charge is -2.24. The van der Waals surface area contributed by atoms with Crippen LogP contribution >= 0.6 is 11.6 Å². The van der Waals surface area contributed by atoms with Crippen LogP contribution in [-0.4, -0.2) is 22.8 Å². The number of halogens is 1. The molecule has 1 heterocycles. The Morgan fingerprint density at radius 2 is 2.04 bits per heavy atom. The molecule has 1 aliphatic rings. The maximum absolute atomic E-state index is 12.7. The fourth-order valence-electron chi connectivity index (χ4n) is 3.63. The van der Waals surface area contributed by atoms with Gasteiger partial charge in [-0.15, -0.1) is 0 Å². The van der Waals surface area contributed by atoms with Gasteiger partial charge < -0.3 is 10.1 Å². The molecule has 0 aliphatic heterocycles. The van der Waals surface area contributed by atoms with Crippen molar-refractivity contribution in [2.75, 3.05) is 7.11 Å². The lowest BCUT2D eigenvalue weighted by atomic mass is 9.92. The monoisotopic (exact) mass is 395 g/mol. The van der Waals surface area contributed by atoms with Crippen molar-refractivity contribution < 1.29 is 9.53 Å². The number of benzene rings is 2. The highest BCUT2D eigenvalue weighted by molar-refractivity contribution is 6.31. The van der Waals surface area contributed by atoms with Crippen LogP contribution in [0.15, 0.2) is 48.7 Å². The molecule has 1 unspecified atom stereocenters. The van der Waals surface area contributed by atoms with Gasteiger partial charge in [-0.3, -0.25) is 4.79 Å². The first kappa shape index (κ1) is 18.6. The number of methoxy groups -OCH3 is 1. The molecule has 2 aromatic carbocycles. The summed E-state index contributed by atoms with van der Waals surface area (Å²) < 4.78 is 7.19. The van der Waals surface area contributed by atoms with E-state index in [1.54, 1.807) is 19.2 Å². The predicted octanol–water partition coefficient (Wildman–Crippen LogP) is 4.65. The molecule has 1 N–H and O–H groups in total. The minimum atomic E-state index is -0.114. The second-order valence-corrected chi connectivity index (χ2v) is 7.45. The Balaban J connectivity index is 1.58. The fraction of sp³-hybridized carbons (Fsp3) is 0.273. The van der Waals surface area contributed by atoms with E-state index in [0.29, 0.717) is 10.6 Å². The number of nitrogens with one attached hydrogen (secondary N) is 1. The van der Waals surface area contributed by atoms with E-state index in [4.69, 9.17) is 16.3 Å². The third kappa shape index (κ3) is 3.50. The third-order valence-electron chi connectivity index (χ3n) is 5.24. The summed E-state index contributed by atoms with van der Waals surface area (Å²) in [4.78, 5) is 12.7. The van der Waals surface area contributed by atoms with Crippen molar-refractivity contribution >= 4 is 17.5 Å². The zero-order valence-electron chi connectivity index (χ0n) is 15.9. The number of hydrogen-bond acceptors (Lipinski definition) is 3. The Kier molecular flexibility index (Phi) is 5.09. The van der Waals surface area contributed by atoms with E-state index in [2.05, 4.69) is 10.4 Å². The van der Waals surface area contributed by atoms with Crippen LogP contribution in [0.4, 0.5) is 0 Å². The molecule has 5 nitrogen and oxygen atoms in total. The Morgan fingerprint density at radius 3 is 2.75 bits per heavy atom. The lowest BCUT2D eigenvalue weighted by molar-refractivity contribution is 0.0932. The van der Waals surface area contributed by atoms with E-state index in [0.717, 1.165) is 47.5 Å². The van der Waals surface area contributed by atoms with Crippen LogP contribution in [0.2, 0.25) is 5.02 Å². The largest absolute Gasteiger partial charge is 0.497 e. The normalized spacial score (nSPS) is 15.8. The molecular formula is C22H22ClN3O2. The van der Waals surface area contributed by atoms with Gasteiger partial charge in [0.15, 0.2) is 0 Å². The predicted molar refractivity (Wildman–Crippen MR) is 109 cm³/mol. The molecular weight excluding hydrogens is 374 g/mol. The van der Waals surface area contributed by atoms with E-state index in [9.17, 15) is 4.79 Å². The number of carbonyl (C=O) groups excluding carboxylic acids is 1. The summed E-state index contributed by atoms with van der Waals surface area (Å²) in [5.41, 5.74) is 4.74. The molecule has 28 heavy (non-hydrogen) atoms. The minimum absolute atomic E-state index is 0.0525. The van der Waals surface area contributed by atoms with Crippen molar-refractivity contribution in [3.05, 3.63) is 76.1 Å². The number of hydrogen-bond donors (Lipinski definition) is 1. The molecule has 1 amide bonds. The number of nitrogens with zero attached hydrogens (tertiary/aromatic N) is 2. The highest BCUT2D eigenvalue weighted by Gasteiger charge is 2.26. The average Bonchev–Trinajstić information content (AvgIpc) is 3.15. The maximum Gasteiger partial charge on any atom is 0.251 e. The van der Waals surface area contributed by atoms with Gasteiger partial charge in [-0.05, 0) is 68.1 Å². The molecule has 1 aliphatic carbocycles. The molecule has 0 radical (unpaired) electrons. The maximum atomic E-state index is 12.7. The van der Waals surface area contributed by atoms with Crippen LogP contribution in [0.3, 0.4) is 0 Å². The molecule has 1 aromatic heterocycles. The van der Waals surface area contributed by atoms with E-state index in [1.807, 2.05) is 48.1 Å². The molecule has 0 spiro atoms. The van der Waals surface area contributed by atoms with Gasteiger partial charge in [-0.1, -0.05) is 17.7 Å². The summed E-state index contributed by atoms with van der Waals surface area (Å²) in [6, 6.07) is 13.2. The zero-order chi connectivity index (χ0) is 19.7. The van der Waals surface area contributed by atoms with E-state index in [1.165, 1.54) is 0 Å². The number of carbonyl (C=O) groups is 1. The van der Waals surface area contributed by atoms with Crippen molar-refractivity contribution in [1.82, 2.24) is 15.1 Å². The van der Waals surface area contributed by atoms with Gasteiger partial charge in [0.25, 0.3) is 5.91 Å². The quantitative estimate of drug-likeness (QED) is 0.699. The molecule has 0 fully saturated rings. The number of rotatable bonds is 4. The first-order valence-corrected chi connectivity index (χ1v) is 9.73. The van der Waals surface area contributed by atoms with Crippen molar-refractivity contribution in [3.8, 4) is 11.4 Å². The Hall–Kier alpha value is -2.79. The minimum Gasteiger partial charge on any atom is -0.497 e. The molecule has 0 bridgehead atoms. The number of aryl methyl sites for hydroxylation is 1. The summed E-state index contributed by atoms with van der Waals surface area (Å²) in [6.07, 6.45) is 4.69. The Labute approximate surface area is 169 Å². The number of fused-ring (bicyclic) bond motifs is 1. The van der Waals surface area contributed by atoms with Gasteiger partial charge in [0.05, 0.1) is 25.0 Å². The standard InChI is InChI=1S/C22H22ClN3O2/c1-14-6-7-15(12-19(14)23)22(27)25-20-4-3-5-21-18(20)13-24-26(21)16-8-10-17(28-2)11-9-16/h6-13,20H,3-5H2,1-2H3,(H,25,27). The summed E-state index contributed by atoms with van der Waals surface area (Å²) >= 11 is 6.17. The van der Waals surface area contributed by atoms with E-state index < -0.39 is 0 Å². The van der Waals surface area contributed by atoms with Crippen LogP contribution in [0.1, 0.15) is 46.1 Å². The lowest BCUT2D eigenvalue weighted by Crippen LogP contribution is -2.31. The van der Waals surface area contributed by atoms with Gasteiger partial charge in [-0.2, -0.15) is 5.10 Å². The van der Waals surface area contributed by atoms with E-state index >= 15 is 0 Å². The van der Waals surface area contributed by atoms with Gasteiger partial charge in [-0.25, -0.2) is 4.68 Å². The van der Waals surface area contributed by atoms with Crippen molar-refractivity contribution in [3.63, 3.8) is 0 Å². The second-order valence-electron chi connectivity index (χ2n) is 7.04. The van der Waals surface area contributed by atoms with Crippen LogP contribution in [0.25, 0.3) is 5.69 Å². The van der Waals surface area contributed by atoms with Crippen molar-refractivity contribution in [2.24, 2.45) is 0 Å². The summed E-state index contributed by atoms with van der Waals surface area (Å²) in [5, 5.41) is 8.33. The molecule has 1 atom stereocenters. The highest BCUT2D eigenvalue weighted by Crippen LogP contribution is 2.31. The molecule has 6 heteroatoms. The second kappa shape index (κ2) is 7.68. The van der Waals surface area contributed by atoms with Gasteiger partial charge >= 0.3 is 0 Å². The average molecular weight is 396 g/mol. The molecule has 3 aromatic rings. The van der Waals surface area contributed by atoms with Gasteiger partial charge in [0.1, 0.15) is 5.75 Å². The van der Waals surface area contributed by atoms with Crippen molar-refractivity contribution in [1.29, 1.82) is 0 Å². The third-order valence-corrected chi connectivity index (χ3v) is 5.65. The van der Waals surface area contributed by atoms with Crippen LogP contribution < -0.4 is 10.1 Å². The number of ether oxygens (including phenoxy) is 1. The molecule has 0 saturated heterocycles. The smallest absolute Gasteiger partial charge is 0.251 e. The summed E-state index contributed by atoms with van der Waals surface area (Å²) in [5.74, 6) is 0.698. The molecule has 4 rings (SSSR count). The van der Waals surface area contributed by atoms with Crippen LogP contribution in [0, 0.1) is 6.92 Å². The summed E-state index contributed by atoms with van der Waals surface area (Å²) in [6.45, 7) is 1.92. The zero-order valence-corrected chi connectivity index (χ0v) is 16.7. The molecule has 144 valence electrons. The highest BCUT2D eigenvalue weighted by atomic mass is 35.5. The first-order valence-electron chi connectivity index (χ1n) is 9.35. The summed E-state index contributed by atoms with van der Waals surface area (Å²) in [7, 11) is 1.65. The van der Waals surface area contributed by atoms with Gasteiger partial charge in [0.2, 0.25) is 0 Å². The SMILES string of the molecule is COc1ccc(-n2ncc3c2CCCC3NC(=O)c2ccc(C)c(Cl)c2)cc1. The Morgan fingerprint density at radius 1 is 1.25 bits per heavy atom. The topological polar surface area (TPSA) is 56.1 Å². The van der Waals surface area contributed by atoms with Crippen molar-refractivity contribution in [2.45, 2.75) is 32.2 Å².